The number of aromatic nitrogens is 3. The molecule has 3 amide bonds. The lowest BCUT2D eigenvalue weighted by molar-refractivity contribution is -0.274. The van der Waals surface area contributed by atoms with Gasteiger partial charge in [-0.1, -0.05) is 45.9 Å². The zero-order valence-electron chi connectivity index (χ0n) is 41.9. The number of hydrogen-bond donors (Lipinski definition) is 1. The number of alkyl halides is 3. The number of nitrogens with one attached hydrogen (secondary N) is 1. The van der Waals surface area contributed by atoms with Gasteiger partial charge in [0.15, 0.2) is 5.78 Å². The second-order valence-electron chi connectivity index (χ2n) is 20.5. The Hall–Kier alpha value is -5.85. The number of carbonyl (C=O) groups excluding carboxylic acids is 4. The van der Waals surface area contributed by atoms with Gasteiger partial charge in [0.05, 0.1) is 52.8 Å². The summed E-state index contributed by atoms with van der Waals surface area (Å²) in [5, 5.41) is 5.10. The van der Waals surface area contributed by atoms with Gasteiger partial charge in [0, 0.05) is 85.7 Å². The zero-order valence-corrected chi connectivity index (χ0v) is 42.7. The summed E-state index contributed by atoms with van der Waals surface area (Å²) in [5.41, 5.74) is 8.59. The van der Waals surface area contributed by atoms with Crippen molar-refractivity contribution in [1.82, 2.24) is 34.8 Å². The molecular weight excluding hydrogens is 936 g/mol. The molecule has 14 nitrogen and oxygen atoms in total. The number of fused-ring (bicyclic) bond motifs is 6. The van der Waals surface area contributed by atoms with Gasteiger partial charge in [-0.15, -0.1) is 24.5 Å². The monoisotopic (exact) mass is 999 g/mol. The summed E-state index contributed by atoms with van der Waals surface area (Å²) in [5.74, 6) is -2.79. The average molecular weight is 1000 g/mol. The van der Waals surface area contributed by atoms with Crippen LogP contribution in [0, 0.1) is 17.3 Å². The van der Waals surface area contributed by atoms with E-state index >= 15 is 0 Å². The van der Waals surface area contributed by atoms with E-state index in [1.54, 1.807) is 32.2 Å². The molecule has 6 bridgehead atoms. The molecule has 18 heteroatoms. The van der Waals surface area contributed by atoms with Gasteiger partial charge < -0.3 is 28.6 Å². The molecule has 1 unspecified atom stereocenters. The minimum absolute atomic E-state index is 0.0973. The van der Waals surface area contributed by atoms with Crippen LogP contribution in [0.25, 0.3) is 33.4 Å². The molecule has 0 radical (unpaired) electrons. The van der Waals surface area contributed by atoms with Crippen molar-refractivity contribution >= 4 is 45.9 Å². The summed E-state index contributed by atoms with van der Waals surface area (Å²) >= 11 is 1.41. The summed E-state index contributed by atoms with van der Waals surface area (Å²) in [6.45, 7) is 15.2. The molecule has 5 atom stereocenters. The van der Waals surface area contributed by atoms with Crippen molar-refractivity contribution in [2.24, 2.45) is 17.3 Å². The van der Waals surface area contributed by atoms with Crippen molar-refractivity contribution in [1.29, 1.82) is 0 Å². The molecule has 6 heterocycles. The number of cyclic esters (lactones) is 1. The van der Waals surface area contributed by atoms with E-state index in [1.807, 2.05) is 32.2 Å². The number of rotatable bonds is 11. The number of benzene rings is 2. The Balaban J connectivity index is 1.13. The van der Waals surface area contributed by atoms with Crippen LogP contribution in [0.5, 0.6) is 5.75 Å². The van der Waals surface area contributed by atoms with E-state index in [4.69, 9.17) is 19.4 Å². The van der Waals surface area contributed by atoms with Gasteiger partial charge in [0.1, 0.15) is 11.3 Å². The number of methoxy groups -OCH3 is 1. The molecule has 2 fully saturated rings. The number of hydrazine groups is 1. The minimum atomic E-state index is -4.83. The number of likely N-dealkylation sites (tertiary alicyclic amines) is 1. The molecule has 380 valence electrons. The van der Waals surface area contributed by atoms with Gasteiger partial charge in [0.25, 0.3) is 0 Å². The highest BCUT2D eigenvalue weighted by molar-refractivity contribution is 7.10. The predicted molar refractivity (Wildman–Crippen MR) is 264 cm³/mol. The number of urea groups is 1. The normalized spacial score (nSPS) is 21.6. The predicted octanol–water partition coefficient (Wildman–Crippen LogP) is 10.1. The van der Waals surface area contributed by atoms with Crippen molar-refractivity contribution in [3.05, 3.63) is 88.0 Å². The number of esters is 1. The number of pyridine rings is 1. The summed E-state index contributed by atoms with van der Waals surface area (Å²) in [6, 6.07) is 14.0. The Morgan fingerprint density at radius 2 is 1.80 bits per heavy atom. The topological polar surface area (TPSA) is 148 Å². The fourth-order valence-corrected chi connectivity index (χ4v) is 11.4. The van der Waals surface area contributed by atoms with Crippen LogP contribution in [0.4, 0.5) is 18.0 Å². The highest BCUT2D eigenvalue weighted by Crippen LogP contribution is 2.43. The van der Waals surface area contributed by atoms with Crippen LogP contribution >= 0.6 is 11.3 Å². The molecule has 1 N–H and O–H groups in total. The Labute approximate surface area is 416 Å². The fourth-order valence-electron chi connectivity index (χ4n) is 10.5. The van der Waals surface area contributed by atoms with Crippen molar-refractivity contribution in [3.8, 4) is 28.3 Å². The number of halogens is 3. The number of ketones is 1. The van der Waals surface area contributed by atoms with Crippen LogP contribution < -0.4 is 10.2 Å². The summed E-state index contributed by atoms with van der Waals surface area (Å²) < 4.78 is 56.9. The van der Waals surface area contributed by atoms with E-state index in [0.29, 0.717) is 55.9 Å². The lowest BCUT2D eigenvalue weighted by Crippen LogP contribution is -2.64. The molecule has 71 heavy (non-hydrogen) atoms. The van der Waals surface area contributed by atoms with E-state index in [0.717, 1.165) is 44.7 Å². The van der Waals surface area contributed by atoms with Crippen LogP contribution in [0.2, 0.25) is 0 Å². The number of aryl methyl sites for hydroxylation is 1. The molecule has 0 aliphatic carbocycles. The second kappa shape index (κ2) is 20.3. The van der Waals surface area contributed by atoms with E-state index < -0.39 is 47.3 Å². The Morgan fingerprint density at radius 1 is 1.06 bits per heavy atom. The quantitative estimate of drug-likeness (QED) is 0.127. The van der Waals surface area contributed by atoms with Crippen LogP contribution in [0.15, 0.2) is 66.2 Å². The van der Waals surface area contributed by atoms with E-state index in [9.17, 15) is 32.3 Å². The number of ether oxygens (including phenoxy) is 3. The number of carbonyl (C=O) groups is 4. The van der Waals surface area contributed by atoms with Crippen LogP contribution in [-0.2, 0) is 43.2 Å². The number of hydrogen-bond acceptors (Lipinski definition) is 11. The van der Waals surface area contributed by atoms with Gasteiger partial charge in [-0.2, -0.15) is 0 Å². The van der Waals surface area contributed by atoms with Gasteiger partial charge in [-0.25, -0.2) is 20.0 Å². The van der Waals surface area contributed by atoms with E-state index in [2.05, 4.69) is 59.8 Å². The fraction of sp³-hybridized carbons (Fsp3) is 0.509. The van der Waals surface area contributed by atoms with Gasteiger partial charge in [-0.05, 0) is 99.9 Å². The first kappa shape index (κ1) is 51.5. The number of likely N-dealkylation sites (N-methyl/N-ethyl adjacent to an activating group) is 1. The molecule has 0 spiro atoms. The standard InChI is InChI=1S/C53H64F3N7O7S/c1-10-61-42-19-16-34-25-38(42)39(47(61)37-13-11-22-57-45(37)32(4)68-9)28-51(5,6)30-69-49(66)52(7)21-12-23-63(59-52)48(65)35(27-44-58-40(34)29-71-44)26-43(64)46(31(2)3)60(8)50(67)62-24-20-41(62)33-14-17-36(18-15-33)70-53(54,55)56/h11,13-19,22,25,29,31-32,35,41,46,59H,10,12,20-21,23-24,26-28,30H2,1-9H3/t32-,35-,41+,46-,52?/m0/s1. The SMILES string of the molecule is CCn1c(-c2cccnc2[C@H](C)OC)c2c3cc(ccc31)-c1csc(n1)C[C@H](CC(=O)[C@H](C(C)C)N(C)C(=O)N1CC[C@@H]1c1ccc(OC(F)(F)F)cc1)C(=O)N1CCCC(C)(N1)C(=O)OCC(C)(C)C2. The second-order valence-corrected chi connectivity index (χ2v) is 21.4. The van der Waals surface area contributed by atoms with Gasteiger partial charge in [0.2, 0.25) is 5.91 Å². The van der Waals surface area contributed by atoms with Crippen molar-refractivity contribution in [2.75, 3.05) is 33.9 Å². The first-order valence-corrected chi connectivity index (χ1v) is 25.3. The molecule has 0 saturated carbocycles. The molecule has 3 aliphatic rings. The Bertz CT molecular complexity index is 2790. The highest BCUT2D eigenvalue weighted by Gasteiger charge is 2.45. The molecule has 5 aromatic rings. The first-order chi connectivity index (χ1) is 33.6. The molecule has 2 aromatic carbocycles. The molecule has 3 aliphatic heterocycles. The van der Waals surface area contributed by atoms with Crippen molar-refractivity contribution < 1.29 is 46.6 Å². The summed E-state index contributed by atoms with van der Waals surface area (Å²) in [4.78, 5) is 71.0. The van der Waals surface area contributed by atoms with Crippen LogP contribution in [0.1, 0.15) is 108 Å². The molecule has 8 rings (SSSR count). The maximum absolute atomic E-state index is 14.9. The highest BCUT2D eigenvalue weighted by atomic mass is 32.1. The molecule has 3 aromatic heterocycles. The van der Waals surface area contributed by atoms with Crippen molar-refractivity contribution in [3.63, 3.8) is 0 Å². The largest absolute Gasteiger partial charge is 0.573 e. The number of nitrogens with zero attached hydrogens (tertiary/aromatic N) is 6. The summed E-state index contributed by atoms with van der Waals surface area (Å²) in [7, 11) is 3.24. The molecule has 2 saturated heterocycles. The Kier molecular flexibility index (Phi) is 14.8. The third-order valence-electron chi connectivity index (χ3n) is 14.2. The smallest absolute Gasteiger partial charge is 0.464 e. The maximum atomic E-state index is 14.9. The molecular formula is C53H64F3N7O7S. The average Bonchev–Trinajstić information content (AvgIpc) is 3.90. The van der Waals surface area contributed by atoms with Gasteiger partial charge >= 0.3 is 18.4 Å². The van der Waals surface area contributed by atoms with E-state index in [-0.39, 0.29) is 48.9 Å². The lowest BCUT2D eigenvalue weighted by Gasteiger charge is -2.45. The van der Waals surface area contributed by atoms with Gasteiger partial charge in [-0.3, -0.25) is 19.6 Å². The third-order valence-corrected chi connectivity index (χ3v) is 15.1. The van der Waals surface area contributed by atoms with E-state index in [1.165, 1.54) is 45.5 Å². The zero-order chi connectivity index (χ0) is 51.2. The van der Waals surface area contributed by atoms with Crippen LogP contribution in [-0.4, -0.2) is 105 Å². The number of amides is 3. The lowest BCUT2D eigenvalue weighted by atomic mass is 9.84. The minimum Gasteiger partial charge on any atom is -0.464 e. The number of thiazole rings is 1. The third kappa shape index (κ3) is 10.7. The summed E-state index contributed by atoms with van der Waals surface area (Å²) in [6.07, 6.45) is -1.37. The van der Waals surface area contributed by atoms with Crippen LogP contribution in [0.3, 0.4) is 0 Å². The first-order valence-electron chi connectivity index (χ1n) is 24.4. The van der Waals surface area contributed by atoms with Crippen molar-refractivity contribution in [2.45, 2.75) is 124 Å². The number of Topliss-reactive ketones (excluding diaryl/α,β-unsaturated/α-hetero) is 1. The maximum Gasteiger partial charge on any atom is 0.573 e. The Morgan fingerprint density at radius 3 is 2.46 bits per heavy atom.